The van der Waals surface area contributed by atoms with Gasteiger partial charge in [-0.25, -0.2) is 5.43 Å². The van der Waals surface area contributed by atoms with Crippen LogP contribution in [-0.2, 0) is 11.2 Å². The van der Waals surface area contributed by atoms with Crippen molar-refractivity contribution in [3.8, 4) is 0 Å². The fourth-order valence-corrected chi connectivity index (χ4v) is 4.80. The van der Waals surface area contributed by atoms with Crippen molar-refractivity contribution >= 4 is 35.5 Å². The third-order valence-corrected chi connectivity index (χ3v) is 6.65. The SMILES string of the molecule is O=C(N/N=C\c1ccc([N+](=O)[O-])cc1)c1ccc([C@@H]2SCC(=O)N2CCc2ccccc2)cc1. The van der Waals surface area contributed by atoms with Crippen molar-refractivity contribution in [2.24, 2.45) is 5.10 Å². The van der Waals surface area contributed by atoms with Crippen LogP contribution in [0.3, 0.4) is 0 Å². The van der Waals surface area contributed by atoms with Gasteiger partial charge in [0.05, 0.1) is 16.9 Å². The molecule has 0 radical (unpaired) electrons. The highest BCUT2D eigenvalue weighted by atomic mass is 32.2. The molecule has 0 spiro atoms. The lowest BCUT2D eigenvalue weighted by molar-refractivity contribution is -0.384. The van der Waals surface area contributed by atoms with Crippen molar-refractivity contribution < 1.29 is 14.5 Å². The van der Waals surface area contributed by atoms with Crippen molar-refractivity contribution in [1.82, 2.24) is 10.3 Å². The third-order valence-electron chi connectivity index (χ3n) is 5.39. The van der Waals surface area contributed by atoms with E-state index >= 15 is 0 Å². The van der Waals surface area contributed by atoms with E-state index in [1.165, 1.54) is 23.9 Å². The zero-order valence-electron chi connectivity index (χ0n) is 18.2. The van der Waals surface area contributed by atoms with Gasteiger partial charge in [-0.1, -0.05) is 42.5 Å². The minimum atomic E-state index is -0.477. The molecule has 3 aromatic carbocycles. The highest BCUT2D eigenvalue weighted by Crippen LogP contribution is 2.38. The Balaban J connectivity index is 1.35. The van der Waals surface area contributed by atoms with Gasteiger partial charge < -0.3 is 4.90 Å². The Morgan fingerprint density at radius 2 is 1.79 bits per heavy atom. The van der Waals surface area contributed by atoms with Gasteiger partial charge >= 0.3 is 0 Å². The number of carbonyl (C=O) groups excluding carboxylic acids is 2. The number of hydrazone groups is 1. The number of hydrogen-bond acceptors (Lipinski definition) is 6. The number of nitro groups is 1. The molecule has 34 heavy (non-hydrogen) atoms. The minimum absolute atomic E-state index is 0.0120. The van der Waals surface area contributed by atoms with Crippen LogP contribution < -0.4 is 5.43 Å². The minimum Gasteiger partial charge on any atom is -0.326 e. The van der Waals surface area contributed by atoms with Gasteiger partial charge in [-0.15, -0.1) is 11.8 Å². The molecule has 4 rings (SSSR count). The lowest BCUT2D eigenvalue weighted by atomic mass is 10.1. The van der Waals surface area contributed by atoms with Crippen LogP contribution in [0.4, 0.5) is 5.69 Å². The van der Waals surface area contributed by atoms with Gasteiger partial charge in [-0.3, -0.25) is 19.7 Å². The number of thioether (sulfide) groups is 1. The van der Waals surface area contributed by atoms with Gasteiger partial charge in [0.1, 0.15) is 5.37 Å². The van der Waals surface area contributed by atoms with Crippen LogP contribution in [0.15, 0.2) is 84.0 Å². The molecular weight excluding hydrogens is 452 g/mol. The highest BCUT2D eigenvalue weighted by molar-refractivity contribution is 8.00. The number of nitrogens with one attached hydrogen (secondary N) is 1. The molecule has 172 valence electrons. The van der Waals surface area contributed by atoms with Gasteiger partial charge in [0.25, 0.3) is 11.6 Å². The van der Waals surface area contributed by atoms with Crippen molar-refractivity contribution in [1.29, 1.82) is 0 Å². The number of benzene rings is 3. The second kappa shape index (κ2) is 10.8. The average Bonchev–Trinajstić information content (AvgIpc) is 3.24. The van der Waals surface area contributed by atoms with Gasteiger partial charge in [0, 0.05) is 24.2 Å². The average molecular weight is 475 g/mol. The summed E-state index contributed by atoms with van der Waals surface area (Å²) in [4.78, 5) is 36.9. The normalized spacial score (nSPS) is 15.6. The quantitative estimate of drug-likeness (QED) is 0.300. The summed E-state index contributed by atoms with van der Waals surface area (Å²) < 4.78 is 0. The second-order valence-corrected chi connectivity index (χ2v) is 8.72. The standard InChI is InChI=1S/C25H22N4O4S/c30-23-17-34-25(28(23)15-14-18-4-2-1-3-5-18)21-10-8-20(9-11-21)24(31)27-26-16-19-6-12-22(13-7-19)29(32)33/h1-13,16,25H,14-15,17H2,(H,27,31)/b26-16-/t25-/m0/s1. The molecule has 2 amide bonds. The molecule has 1 N–H and O–H groups in total. The first-order valence-electron chi connectivity index (χ1n) is 10.6. The molecule has 1 saturated heterocycles. The van der Waals surface area contributed by atoms with E-state index in [9.17, 15) is 19.7 Å². The number of non-ortho nitro benzene ring substituents is 1. The monoisotopic (exact) mass is 474 g/mol. The molecule has 1 aliphatic rings. The zero-order valence-corrected chi connectivity index (χ0v) is 19.0. The summed E-state index contributed by atoms with van der Waals surface area (Å²) in [6.45, 7) is 0.639. The van der Waals surface area contributed by atoms with E-state index in [0.717, 1.165) is 12.0 Å². The third kappa shape index (κ3) is 5.68. The van der Waals surface area contributed by atoms with Crippen LogP contribution in [0, 0.1) is 10.1 Å². The molecule has 0 saturated carbocycles. The number of amides is 2. The van der Waals surface area contributed by atoms with Crippen LogP contribution in [0.2, 0.25) is 0 Å². The molecular formula is C25H22N4O4S. The maximum absolute atomic E-state index is 12.4. The Morgan fingerprint density at radius 3 is 2.47 bits per heavy atom. The van der Waals surface area contributed by atoms with Crippen LogP contribution in [0.25, 0.3) is 0 Å². The van der Waals surface area contributed by atoms with Gasteiger partial charge in [0.15, 0.2) is 0 Å². The number of nitro benzene ring substituents is 1. The van der Waals surface area contributed by atoms with E-state index < -0.39 is 4.92 Å². The highest BCUT2D eigenvalue weighted by Gasteiger charge is 2.32. The summed E-state index contributed by atoms with van der Waals surface area (Å²) in [5.74, 6) is 0.188. The summed E-state index contributed by atoms with van der Waals surface area (Å²) in [5.41, 5.74) is 5.66. The Labute approximate surface area is 200 Å². The van der Waals surface area contributed by atoms with E-state index in [2.05, 4.69) is 22.7 Å². The van der Waals surface area contributed by atoms with E-state index in [1.807, 2.05) is 35.2 Å². The molecule has 8 nitrogen and oxygen atoms in total. The van der Waals surface area contributed by atoms with E-state index in [0.29, 0.717) is 23.4 Å². The summed E-state index contributed by atoms with van der Waals surface area (Å²) in [7, 11) is 0. The Morgan fingerprint density at radius 1 is 1.09 bits per heavy atom. The smallest absolute Gasteiger partial charge is 0.271 e. The van der Waals surface area contributed by atoms with Crippen LogP contribution >= 0.6 is 11.8 Å². The van der Waals surface area contributed by atoms with Gasteiger partial charge in [-0.05, 0) is 47.4 Å². The number of carbonyl (C=O) groups is 2. The van der Waals surface area contributed by atoms with Crippen molar-refractivity contribution in [3.05, 3.63) is 111 Å². The van der Waals surface area contributed by atoms with E-state index in [1.54, 1.807) is 36.0 Å². The molecule has 0 unspecified atom stereocenters. The molecule has 0 bridgehead atoms. The molecule has 1 atom stereocenters. The van der Waals surface area contributed by atoms with Crippen LogP contribution in [0.1, 0.15) is 32.4 Å². The summed E-state index contributed by atoms with van der Waals surface area (Å²) in [6.07, 6.45) is 2.21. The lowest BCUT2D eigenvalue weighted by Crippen LogP contribution is -2.30. The lowest BCUT2D eigenvalue weighted by Gasteiger charge is -2.24. The molecule has 0 aliphatic carbocycles. The number of hydrogen-bond donors (Lipinski definition) is 1. The predicted octanol–water partition coefficient (Wildman–Crippen LogP) is 4.18. The first-order chi connectivity index (χ1) is 16.5. The first-order valence-corrected chi connectivity index (χ1v) is 11.7. The topological polar surface area (TPSA) is 105 Å². The van der Waals surface area contributed by atoms with E-state index in [4.69, 9.17) is 0 Å². The van der Waals surface area contributed by atoms with Crippen LogP contribution in [-0.4, -0.2) is 40.1 Å². The largest absolute Gasteiger partial charge is 0.326 e. The zero-order chi connectivity index (χ0) is 23.9. The second-order valence-electron chi connectivity index (χ2n) is 7.66. The van der Waals surface area contributed by atoms with Crippen molar-refractivity contribution in [2.75, 3.05) is 12.3 Å². The van der Waals surface area contributed by atoms with Crippen LogP contribution in [0.5, 0.6) is 0 Å². The first kappa shape index (κ1) is 23.2. The van der Waals surface area contributed by atoms with Crippen molar-refractivity contribution in [3.63, 3.8) is 0 Å². The summed E-state index contributed by atoms with van der Waals surface area (Å²) >= 11 is 1.59. The van der Waals surface area contributed by atoms with Gasteiger partial charge in [0.2, 0.25) is 5.91 Å². The maximum Gasteiger partial charge on any atom is 0.271 e. The Hall–Kier alpha value is -3.98. The van der Waals surface area contributed by atoms with E-state index in [-0.39, 0.29) is 22.9 Å². The molecule has 1 aliphatic heterocycles. The number of nitrogens with zero attached hydrogens (tertiary/aromatic N) is 3. The Bertz CT molecular complexity index is 1200. The van der Waals surface area contributed by atoms with Crippen molar-refractivity contribution in [2.45, 2.75) is 11.8 Å². The molecule has 3 aromatic rings. The Kier molecular flexibility index (Phi) is 7.34. The summed E-state index contributed by atoms with van der Waals surface area (Å²) in [5, 5.41) is 14.5. The maximum atomic E-state index is 12.4. The fourth-order valence-electron chi connectivity index (χ4n) is 3.58. The molecule has 9 heteroatoms. The summed E-state index contributed by atoms with van der Waals surface area (Å²) in [6, 6.07) is 23.1. The fraction of sp³-hybridized carbons (Fsp3) is 0.160. The predicted molar refractivity (Wildman–Crippen MR) is 132 cm³/mol. The molecule has 1 fully saturated rings. The van der Waals surface area contributed by atoms with Gasteiger partial charge in [-0.2, -0.15) is 5.10 Å². The molecule has 0 aromatic heterocycles. The number of rotatable bonds is 8. The molecule has 1 heterocycles.